The summed E-state index contributed by atoms with van der Waals surface area (Å²) >= 11 is 0. The fourth-order valence-electron chi connectivity index (χ4n) is 7.39. The molecule has 0 N–H and O–H groups in total. The summed E-state index contributed by atoms with van der Waals surface area (Å²) in [6.07, 6.45) is 0. The van der Waals surface area contributed by atoms with Crippen LogP contribution < -0.4 is 0 Å². The van der Waals surface area contributed by atoms with Crippen LogP contribution in [0.2, 0.25) is 0 Å². The van der Waals surface area contributed by atoms with Gasteiger partial charge in [0, 0.05) is 21.7 Å². The Morgan fingerprint density at radius 2 is 0.913 bits per heavy atom. The summed E-state index contributed by atoms with van der Waals surface area (Å²) in [7, 11) is 0. The smallest absolute Gasteiger partial charge is 0.136 e. The quantitative estimate of drug-likeness (QED) is 0.193. The molecule has 2 aromatic heterocycles. The average Bonchev–Trinajstić information content (AvgIpc) is 3.72. The van der Waals surface area contributed by atoms with E-state index < -0.39 is 0 Å². The Hall–Kier alpha value is -6.12. The lowest BCUT2D eigenvalue weighted by Crippen LogP contribution is -1.90. The zero-order valence-electron chi connectivity index (χ0n) is 24.8. The van der Waals surface area contributed by atoms with Crippen LogP contribution >= 0.6 is 0 Å². The molecule has 0 aliphatic rings. The highest BCUT2D eigenvalue weighted by Gasteiger charge is 2.19. The van der Waals surface area contributed by atoms with Crippen LogP contribution in [-0.2, 0) is 0 Å². The molecule has 0 bridgehead atoms. The third kappa shape index (κ3) is 3.71. The van der Waals surface area contributed by atoms with E-state index in [0.717, 1.165) is 44.4 Å². The van der Waals surface area contributed by atoms with Gasteiger partial charge in [-0.15, -0.1) is 0 Å². The van der Waals surface area contributed by atoms with Crippen molar-refractivity contribution in [2.45, 2.75) is 0 Å². The summed E-state index contributed by atoms with van der Waals surface area (Å²) in [6, 6.07) is 56.1. The van der Waals surface area contributed by atoms with Crippen molar-refractivity contribution in [2.24, 2.45) is 0 Å². The lowest BCUT2D eigenvalue weighted by Gasteiger charge is -2.17. The fourth-order valence-corrected chi connectivity index (χ4v) is 7.39. The summed E-state index contributed by atoms with van der Waals surface area (Å²) in [6.45, 7) is 0. The molecule has 0 radical (unpaired) electrons. The van der Waals surface area contributed by atoms with Crippen LogP contribution in [0, 0.1) is 0 Å². The van der Waals surface area contributed by atoms with Crippen LogP contribution in [0.4, 0.5) is 0 Å². The Morgan fingerprint density at radius 1 is 0.304 bits per heavy atom. The van der Waals surface area contributed by atoms with Crippen molar-refractivity contribution in [2.75, 3.05) is 0 Å². The summed E-state index contributed by atoms with van der Waals surface area (Å²) in [4.78, 5) is 0. The Labute approximate surface area is 264 Å². The minimum Gasteiger partial charge on any atom is -0.456 e. The van der Waals surface area contributed by atoms with E-state index in [-0.39, 0.29) is 0 Å². The monoisotopic (exact) mass is 586 g/mol. The molecular weight excluding hydrogens is 560 g/mol. The lowest BCUT2D eigenvalue weighted by molar-refractivity contribution is 0.633. The molecule has 2 heterocycles. The van der Waals surface area contributed by atoms with Gasteiger partial charge in [-0.3, -0.25) is 0 Å². The molecule has 0 amide bonds. The number of rotatable bonds is 3. The molecule has 2 nitrogen and oxygen atoms in total. The minimum absolute atomic E-state index is 0.891. The van der Waals surface area contributed by atoms with E-state index in [2.05, 4.69) is 146 Å². The SMILES string of the molecule is c1cc(-c2ccc3oc4ccc5ccccc5c4c3c2)cc(-c2c3ccccc3c(-c3cc4ccccc4o3)c3ccccc23)c1. The third-order valence-corrected chi connectivity index (χ3v) is 9.45. The number of hydrogen-bond donors (Lipinski definition) is 0. The molecule has 0 saturated carbocycles. The van der Waals surface area contributed by atoms with E-state index in [1.165, 1.54) is 54.4 Å². The highest BCUT2D eigenvalue weighted by Crippen LogP contribution is 2.45. The van der Waals surface area contributed by atoms with E-state index >= 15 is 0 Å². The summed E-state index contributed by atoms with van der Waals surface area (Å²) in [5.74, 6) is 0.891. The van der Waals surface area contributed by atoms with E-state index in [4.69, 9.17) is 8.83 Å². The molecule has 214 valence electrons. The molecule has 10 aromatic rings. The van der Waals surface area contributed by atoms with E-state index in [9.17, 15) is 0 Å². The topological polar surface area (TPSA) is 26.3 Å². The predicted molar refractivity (Wildman–Crippen MR) is 192 cm³/mol. The first-order valence-electron chi connectivity index (χ1n) is 15.7. The maximum absolute atomic E-state index is 6.47. The zero-order chi connectivity index (χ0) is 30.2. The molecule has 0 spiro atoms. The fraction of sp³-hybridized carbons (Fsp3) is 0. The first-order chi connectivity index (χ1) is 22.8. The zero-order valence-corrected chi connectivity index (χ0v) is 24.8. The molecule has 46 heavy (non-hydrogen) atoms. The summed E-state index contributed by atoms with van der Waals surface area (Å²) in [5, 5.41) is 10.6. The van der Waals surface area contributed by atoms with Gasteiger partial charge in [0.2, 0.25) is 0 Å². The first kappa shape index (κ1) is 25.2. The van der Waals surface area contributed by atoms with Crippen LogP contribution in [0.25, 0.3) is 98.8 Å². The largest absolute Gasteiger partial charge is 0.456 e. The number of fused-ring (bicyclic) bond motifs is 8. The highest BCUT2D eigenvalue weighted by molar-refractivity contribution is 6.22. The number of para-hydroxylation sites is 1. The van der Waals surface area contributed by atoms with Crippen molar-refractivity contribution in [3.63, 3.8) is 0 Å². The van der Waals surface area contributed by atoms with Crippen LogP contribution in [0.15, 0.2) is 167 Å². The Balaban J connectivity index is 1.20. The van der Waals surface area contributed by atoms with Gasteiger partial charge in [-0.2, -0.15) is 0 Å². The van der Waals surface area contributed by atoms with E-state index in [0.29, 0.717) is 0 Å². The van der Waals surface area contributed by atoms with Gasteiger partial charge in [-0.25, -0.2) is 0 Å². The van der Waals surface area contributed by atoms with Crippen molar-refractivity contribution >= 4 is 65.2 Å². The first-order valence-corrected chi connectivity index (χ1v) is 15.7. The molecule has 0 unspecified atom stereocenters. The number of hydrogen-bond acceptors (Lipinski definition) is 2. The second-order valence-electron chi connectivity index (χ2n) is 12.0. The maximum atomic E-state index is 6.47. The number of furan rings is 2. The van der Waals surface area contributed by atoms with E-state index in [1.807, 2.05) is 12.1 Å². The van der Waals surface area contributed by atoms with Gasteiger partial charge in [0.25, 0.3) is 0 Å². The second-order valence-corrected chi connectivity index (χ2v) is 12.0. The average molecular weight is 587 g/mol. The van der Waals surface area contributed by atoms with Crippen LogP contribution in [-0.4, -0.2) is 0 Å². The van der Waals surface area contributed by atoms with Crippen molar-refractivity contribution in [1.29, 1.82) is 0 Å². The molecule has 0 atom stereocenters. The molecule has 10 rings (SSSR count). The van der Waals surface area contributed by atoms with Gasteiger partial charge < -0.3 is 8.83 Å². The van der Waals surface area contributed by atoms with Crippen LogP contribution in [0.5, 0.6) is 0 Å². The predicted octanol–water partition coefficient (Wildman–Crippen LogP) is 12.8. The standard InChI is InChI=1S/C44H26O2/c1-3-14-32-27(10-1)20-23-40-43(32)37-25-29(21-22-39(37)46-40)28-12-9-13-31(24-28)42-33-15-4-6-17-35(33)44(36-18-7-5-16-34(36)42)41-26-30-11-2-8-19-38(30)45-41/h1-26H. The maximum Gasteiger partial charge on any atom is 0.136 e. The second kappa shape index (κ2) is 9.69. The molecule has 0 aliphatic carbocycles. The summed E-state index contributed by atoms with van der Waals surface area (Å²) in [5.41, 5.74) is 8.61. The molecule has 0 saturated heterocycles. The number of benzene rings is 8. The normalized spacial score (nSPS) is 11.9. The Kier molecular flexibility index (Phi) is 5.31. The molecule has 0 fully saturated rings. The van der Waals surface area contributed by atoms with Crippen molar-refractivity contribution < 1.29 is 8.83 Å². The van der Waals surface area contributed by atoms with E-state index in [1.54, 1.807) is 0 Å². The summed E-state index contributed by atoms with van der Waals surface area (Å²) < 4.78 is 12.8. The molecule has 2 heteroatoms. The Bertz CT molecular complexity index is 2720. The van der Waals surface area contributed by atoms with Gasteiger partial charge in [-0.1, -0.05) is 121 Å². The molecule has 8 aromatic carbocycles. The Morgan fingerprint density at radius 3 is 1.67 bits per heavy atom. The van der Waals surface area contributed by atoms with Gasteiger partial charge >= 0.3 is 0 Å². The van der Waals surface area contributed by atoms with Crippen molar-refractivity contribution in [1.82, 2.24) is 0 Å². The highest BCUT2D eigenvalue weighted by atomic mass is 16.3. The molecular formula is C44H26O2. The van der Waals surface area contributed by atoms with Crippen LogP contribution in [0.3, 0.4) is 0 Å². The van der Waals surface area contributed by atoms with Crippen LogP contribution in [0.1, 0.15) is 0 Å². The van der Waals surface area contributed by atoms with Gasteiger partial charge in [0.1, 0.15) is 22.5 Å². The molecule has 0 aliphatic heterocycles. The van der Waals surface area contributed by atoms with Gasteiger partial charge in [-0.05, 0) is 91.0 Å². The van der Waals surface area contributed by atoms with Gasteiger partial charge in [0.05, 0.1) is 0 Å². The minimum atomic E-state index is 0.891. The van der Waals surface area contributed by atoms with Gasteiger partial charge in [0.15, 0.2) is 0 Å². The lowest BCUT2D eigenvalue weighted by atomic mass is 9.87. The van der Waals surface area contributed by atoms with Crippen molar-refractivity contribution in [3.05, 3.63) is 158 Å². The van der Waals surface area contributed by atoms with Crippen molar-refractivity contribution in [3.8, 4) is 33.6 Å². The third-order valence-electron chi connectivity index (χ3n) is 9.45.